The molecule has 0 radical (unpaired) electrons. The van der Waals surface area contributed by atoms with Crippen LogP contribution in [-0.2, 0) is 9.47 Å². The maximum Gasteiger partial charge on any atom is 0.0700 e. The van der Waals surface area contributed by atoms with Gasteiger partial charge in [-0.3, -0.25) is 0 Å². The summed E-state index contributed by atoms with van der Waals surface area (Å²) < 4.78 is 10.5. The zero-order valence-electron chi connectivity index (χ0n) is 12.8. The lowest BCUT2D eigenvalue weighted by atomic mass is 10.2. The first-order chi connectivity index (χ1) is 9.77. The number of nitrogens with two attached hydrogens (primary N) is 1. The molecule has 0 atom stereocenters. The minimum atomic E-state index is 0.662. The summed E-state index contributed by atoms with van der Waals surface area (Å²) in [6.07, 6.45) is 2.03. The van der Waals surface area contributed by atoms with Gasteiger partial charge in [0.15, 0.2) is 0 Å². The molecule has 0 saturated carbocycles. The number of rotatable bonds is 11. The van der Waals surface area contributed by atoms with E-state index in [2.05, 4.69) is 36.1 Å². The van der Waals surface area contributed by atoms with E-state index in [1.807, 2.05) is 0 Å². The Labute approximate surface area is 122 Å². The third-order valence-electron chi connectivity index (χ3n) is 3.18. The van der Waals surface area contributed by atoms with Crippen LogP contribution in [0.1, 0.15) is 18.4 Å². The van der Waals surface area contributed by atoms with Crippen molar-refractivity contribution < 1.29 is 9.47 Å². The van der Waals surface area contributed by atoms with E-state index in [-0.39, 0.29) is 0 Å². The summed E-state index contributed by atoms with van der Waals surface area (Å²) in [7, 11) is 1.69. The molecule has 0 heterocycles. The van der Waals surface area contributed by atoms with Crippen molar-refractivity contribution in [1.29, 1.82) is 0 Å². The van der Waals surface area contributed by atoms with Gasteiger partial charge in [-0.1, -0.05) is 17.7 Å². The summed E-state index contributed by atoms with van der Waals surface area (Å²) in [5.74, 6) is 0. The lowest BCUT2D eigenvalue weighted by Gasteiger charge is -2.25. The number of benzene rings is 1. The molecule has 0 bridgehead atoms. The minimum Gasteiger partial charge on any atom is -0.382 e. The molecule has 0 amide bonds. The molecule has 114 valence electrons. The maximum atomic E-state index is 5.62. The first kappa shape index (κ1) is 17.0. The molecule has 1 rings (SSSR count). The number of methoxy groups -OCH3 is 1. The number of hydrogen-bond acceptors (Lipinski definition) is 4. The van der Waals surface area contributed by atoms with E-state index in [0.29, 0.717) is 13.2 Å². The number of ether oxygens (including phenoxy) is 2. The Hall–Kier alpha value is -1.10. The average molecular weight is 280 g/mol. The molecule has 0 saturated heterocycles. The molecular weight excluding hydrogens is 252 g/mol. The lowest BCUT2D eigenvalue weighted by molar-refractivity contribution is 0.0700. The molecule has 20 heavy (non-hydrogen) atoms. The van der Waals surface area contributed by atoms with Crippen molar-refractivity contribution >= 4 is 5.69 Å². The molecule has 1 aromatic rings. The SMILES string of the molecule is COCCOCCCN(CCCN)c1ccc(C)cc1. The van der Waals surface area contributed by atoms with Crippen molar-refractivity contribution in [2.75, 3.05) is 51.5 Å². The van der Waals surface area contributed by atoms with E-state index in [0.717, 1.165) is 39.1 Å². The highest BCUT2D eigenvalue weighted by atomic mass is 16.5. The Kier molecular flexibility index (Phi) is 9.04. The van der Waals surface area contributed by atoms with Gasteiger partial charge in [0.2, 0.25) is 0 Å². The van der Waals surface area contributed by atoms with Gasteiger partial charge >= 0.3 is 0 Å². The molecule has 0 unspecified atom stereocenters. The Bertz CT molecular complexity index is 341. The number of nitrogens with zero attached hydrogens (tertiary/aromatic N) is 1. The highest BCUT2D eigenvalue weighted by Crippen LogP contribution is 2.15. The van der Waals surface area contributed by atoms with Crippen LogP contribution >= 0.6 is 0 Å². The first-order valence-corrected chi connectivity index (χ1v) is 7.36. The van der Waals surface area contributed by atoms with E-state index >= 15 is 0 Å². The third kappa shape index (κ3) is 6.89. The van der Waals surface area contributed by atoms with Gasteiger partial charge in [0.25, 0.3) is 0 Å². The lowest BCUT2D eigenvalue weighted by Crippen LogP contribution is -2.28. The summed E-state index contributed by atoms with van der Waals surface area (Å²) in [5.41, 5.74) is 8.18. The fourth-order valence-corrected chi connectivity index (χ4v) is 2.01. The molecule has 0 aromatic heterocycles. The van der Waals surface area contributed by atoms with Crippen LogP contribution in [0.5, 0.6) is 0 Å². The Morgan fingerprint density at radius 2 is 1.70 bits per heavy atom. The fourth-order valence-electron chi connectivity index (χ4n) is 2.01. The molecule has 0 spiro atoms. The summed E-state index contributed by atoms with van der Waals surface area (Å²) in [6.45, 7) is 6.94. The molecule has 2 N–H and O–H groups in total. The smallest absolute Gasteiger partial charge is 0.0700 e. The van der Waals surface area contributed by atoms with Crippen LogP contribution in [0.3, 0.4) is 0 Å². The molecule has 0 aliphatic carbocycles. The zero-order chi connectivity index (χ0) is 14.6. The Morgan fingerprint density at radius 3 is 2.35 bits per heavy atom. The molecule has 0 aliphatic rings. The molecule has 0 aliphatic heterocycles. The predicted molar refractivity (Wildman–Crippen MR) is 84.4 cm³/mol. The van der Waals surface area contributed by atoms with Gasteiger partial charge in [0.05, 0.1) is 13.2 Å². The summed E-state index contributed by atoms with van der Waals surface area (Å²) in [6, 6.07) is 8.66. The van der Waals surface area contributed by atoms with Crippen molar-refractivity contribution in [1.82, 2.24) is 0 Å². The van der Waals surface area contributed by atoms with Crippen LogP contribution < -0.4 is 10.6 Å². The molecule has 4 heteroatoms. The van der Waals surface area contributed by atoms with Gasteiger partial charge in [-0.15, -0.1) is 0 Å². The second-order valence-electron chi connectivity index (χ2n) is 4.92. The van der Waals surface area contributed by atoms with E-state index in [4.69, 9.17) is 15.2 Å². The van der Waals surface area contributed by atoms with Crippen LogP contribution in [0.2, 0.25) is 0 Å². The van der Waals surface area contributed by atoms with Crippen LogP contribution in [0.25, 0.3) is 0 Å². The van der Waals surface area contributed by atoms with Crippen LogP contribution in [0, 0.1) is 6.92 Å². The fraction of sp³-hybridized carbons (Fsp3) is 0.625. The van der Waals surface area contributed by atoms with Crippen LogP contribution in [0.15, 0.2) is 24.3 Å². The predicted octanol–water partition coefficient (Wildman–Crippen LogP) is 2.20. The summed E-state index contributed by atoms with van der Waals surface area (Å²) >= 11 is 0. The monoisotopic (exact) mass is 280 g/mol. The highest BCUT2D eigenvalue weighted by Gasteiger charge is 2.05. The van der Waals surface area contributed by atoms with E-state index in [1.165, 1.54) is 11.3 Å². The topological polar surface area (TPSA) is 47.7 Å². The normalized spacial score (nSPS) is 10.8. The Morgan fingerprint density at radius 1 is 1.00 bits per heavy atom. The van der Waals surface area contributed by atoms with Crippen LogP contribution in [-0.4, -0.2) is 46.6 Å². The van der Waals surface area contributed by atoms with Crippen molar-refractivity contribution in [3.8, 4) is 0 Å². The second kappa shape index (κ2) is 10.7. The van der Waals surface area contributed by atoms with E-state index < -0.39 is 0 Å². The number of hydrogen-bond donors (Lipinski definition) is 1. The molecular formula is C16H28N2O2. The van der Waals surface area contributed by atoms with Gasteiger partial charge in [0, 0.05) is 32.5 Å². The van der Waals surface area contributed by atoms with Crippen molar-refractivity contribution in [2.45, 2.75) is 19.8 Å². The minimum absolute atomic E-state index is 0.662. The number of anilines is 1. The van der Waals surface area contributed by atoms with Gasteiger partial charge in [0.1, 0.15) is 0 Å². The van der Waals surface area contributed by atoms with Gasteiger partial charge < -0.3 is 20.1 Å². The van der Waals surface area contributed by atoms with Gasteiger partial charge in [-0.25, -0.2) is 0 Å². The quantitative estimate of drug-likeness (QED) is 0.631. The zero-order valence-corrected chi connectivity index (χ0v) is 12.8. The van der Waals surface area contributed by atoms with E-state index in [9.17, 15) is 0 Å². The molecule has 1 aromatic carbocycles. The second-order valence-corrected chi connectivity index (χ2v) is 4.92. The summed E-state index contributed by atoms with van der Waals surface area (Å²) in [4.78, 5) is 2.38. The number of aryl methyl sites for hydroxylation is 1. The maximum absolute atomic E-state index is 5.62. The van der Waals surface area contributed by atoms with E-state index in [1.54, 1.807) is 7.11 Å². The van der Waals surface area contributed by atoms with Crippen molar-refractivity contribution in [3.63, 3.8) is 0 Å². The largest absolute Gasteiger partial charge is 0.382 e. The molecule has 4 nitrogen and oxygen atoms in total. The van der Waals surface area contributed by atoms with Crippen molar-refractivity contribution in [2.24, 2.45) is 5.73 Å². The summed E-state index contributed by atoms with van der Waals surface area (Å²) in [5, 5.41) is 0. The third-order valence-corrected chi connectivity index (χ3v) is 3.18. The van der Waals surface area contributed by atoms with Crippen molar-refractivity contribution in [3.05, 3.63) is 29.8 Å². The average Bonchev–Trinajstić information content (AvgIpc) is 2.47. The Balaban J connectivity index is 2.37. The van der Waals surface area contributed by atoms with Crippen LogP contribution in [0.4, 0.5) is 5.69 Å². The first-order valence-electron chi connectivity index (χ1n) is 7.36. The van der Waals surface area contributed by atoms with Gasteiger partial charge in [-0.2, -0.15) is 0 Å². The standard InChI is InChI=1S/C16H28N2O2/c1-15-5-7-16(8-6-15)18(10-3-9-17)11-4-12-20-14-13-19-2/h5-8H,3-4,9-14,17H2,1-2H3. The van der Waals surface area contributed by atoms with Gasteiger partial charge in [-0.05, 0) is 38.4 Å². The highest BCUT2D eigenvalue weighted by molar-refractivity contribution is 5.47. The molecule has 0 fully saturated rings.